The third kappa shape index (κ3) is 4.09. The average molecular weight is 280 g/mol. The highest BCUT2D eigenvalue weighted by Gasteiger charge is 2.42. The van der Waals surface area contributed by atoms with Crippen LogP contribution in [-0.4, -0.2) is 55.2 Å². The first kappa shape index (κ1) is 14.1. The Bertz CT molecular complexity index is 369. The van der Waals surface area contributed by atoms with Crippen molar-refractivity contribution in [2.24, 2.45) is 5.92 Å². The molecule has 1 saturated heterocycles. The zero-order valence-corrected chi connectivity index (χ0v) is 10.2. The van der Waals surface area contributed by atoms with Gasteiger partial charge in [0.2, 0.25) is 11.8 Å². The molecule has 2 amide bonds. The van der Waals surface area contributed by atoms with Gasteiger partial charge in [-0.3, -0.25) is 9.59 Å². The van der Waals surface area contributed by atoms with Crippen LogP contribution in [0.25, 0.3) is 0 Å². The molecule has 1 aliphatic heterocycles. The van der Waals surface area contributed by atoms with Gasteiger partial charge in [-0.15, -0.1) is 0 Å². The minimum absolute atomic E-state index is 0.00551. The van der Waals surface area contributed by atoms with E-state index in [4.69, 9.17) is 0 Å². The Hall–Kier alpha value is -1.31. The smallest absolute Gasteiger partial charge is 0.370 e. The van der Waals surface area contributed by atoms with Gasteiger partial charge in [0.25, 0.3) is 0 Å². The molecule has 1 aliphatic carbocycles. The van der Waals surface area contributed by atoms with Crippen LogP contribution in [0.2, 0.25) is 0 Å². The van der Waals surface area contributed by atoms with Gasteiger partial charge in [-0.05, 0) is 18.8 Å². The summed E-state index contributed by atoms with van der Waals surface area (Å²) in [5, 5.41) is 2.62. The number of ether oxygens (including phenoxy) is 1. The van der Waals surface area contributed by atoms with Crippen LogP contribution in [0.1, 0.15) is 12.8 Å². The lowest BCUT2D eigenvalue weighted by Gasteiger charge is -2.32. The van der Waals surface area contributed by atoms with Gasteiger partial charge in [0.05, 0.1) is 13.2 Å². The zero-order chi connectivity index (χ0) is 14.0. The Morgan fingerprint density at radius 3 is 2.58 bits per heavy atom. The summed E-state index contributed by atoms with van der Waals surface area (Å²) in [6.45, 7) is -1.67. The summed E-state index contributed by atoms with van der Waals surface area (Å²) in [5.74, 6) is -0.319. The summed E-state index contributed by atoms with van der Waals surface area (Å²) in [4.78, 5) is 24.7. The van der Waals surface area contributed by atoms with E-state index in [2.05, 4.69) is 10.1 Å². The quantitative estimate of drug-likeness (QED) is 0.737. The number of hydrogen-bond acceptors (Lipinski definition) is 3. The molecule has 5 nitrogen and oxygen atoms in total. The third-order valence-corrected chi connectivity index (χ3v) is 3.09. The Morgan fingerprint density at radius 2 is 2.00 bits per heavy atom. The number of piperazine rings is 1. The van der Waals surface area contributed by atoms with Crippen molar-refractivity contribution in [1.29, 1.82) is 0 Å². The standard InChI is InChI=1S/C11H15F3N2O3/c12-11(13,14)6-19-4-3-16-5-8(17)15-9(10(16)18)7-1-2-7/h7,9H,1-6H2,(H,15,17). The molecule has 1 N–H and O–H groups in total. The van der Waals surface area contributed by atoms with Crippen LogP contribution in [0.4, 0.5) is 13.2 Å². The van der Waals surface area contributed by atoms with Gasteiger partial charge in [0, 0.05) is 6.54 Å². The van der Waals surface area contributed by atoms with Crippen molar-refractivity contribution in [3.8, 4) is 0 Å². The van der Waals surface area contributed by atoms with Crippen LogP contribution >= 0.6 is 0 Å². The number of hydrogen-bond donors (Lipinski definition) is 1. The number of nitrogens with one attached hydrogen (secondary N) is 1. The van der Waals surface area contributed by atoms with Crippen molar-refractivity contribution >= 4 is 11.8 Å². The van der Waals surface area contributed by atoms with Gasteiger partial charge in [-0.25, -0.2) is 0 Å². The molecular weight excluding hydrogens is 265 g/mol. The van der Waals surface area contributed by atoms with Crippen LogP contribution < -0.4 is 5.32 Å². The van der Waals surface area contributed by atoms with E-state index >= 15 is 0 Å². The lowest BCUT2D eigenvalue weighted by molar-refractivity contribution is -0.175. The third-order valence-electron chi connectivity index (χ3n) is 3.09. The van der Waals surface area contributed by atoms with Gasteiger partial charge < -0.3 is 15.0 Å². The lowest BCUT2D eigenvalue weighted by Crippen LogP contribution is -2.59. The second-order valence-corrected chi connectivity index (χ2v) is 4.81. The van der Waals surface area contributed by atoms with E-state index in [9.17, 15) is 22.8 Å². The van der Waals surface area contributed by atoms with Gasteiger partial charge in [0.15, 0.2) is 0 Å². The number of rotatable bonds is 5. The van der Waals surface area contributed by atoms with E-state index < -0.39 is 18.8 Å². The van der Waals surface area contributed by atoms with Gasteiger partial charge >= 0.3 is 6.18 Å². The Morgan fingerprint density at radius 1 is 1.32 bits per heavy atom. The van der Waals surface area contributed by atoms with Crippen LogP contribution in [0.5, 0.6) is 0 Å². The van der Waals surface area contributed by atoms with Crippen LogP contribution in [-0.2, 0) is 14.3 Å². The summed E-state index contributed by atoms with van der Waals surface area (Å²) in [7, 11) is 0. The van der Waals surface area contributed by atoms with Crippen molar-refractivity contribution in [3.05, 3.63) is 0 Å². The predicted molar refractivity (Wildman–Crippen MR) is 58.1 cm³/mol. The van der Waals surface area contributed by atoms with E-state index in [1.807, 2.05) is 0 Å². The normalized spacial score (nSPS) is 24.6. The Labute approximate surface area is 108 Å². The monoisotopic (exact) mass is 280 g/mol. The molecule has 2 fully saturated rings. The second-order valence-electron chi connectivity index (χ2n) is 4.81. The van der Waals surface area contributed by atoms with Crippen molar-refractivity contribution in [1.82, 2.24) is 10.2 Å². The molecule has 1 saturated carbocycles. The molecule has 0 aromatic carbocycles. The average Bonchev–Trinajstić information content (AvgIpc) is 3.11. The first-order chi connectivity index (χ1) is 8.87. The van der Waals surface area contributed by atoms with Crippen LogP contribution in [0, 0.1) is 5.92 Å². The van der Waals surface area contributed by atoms with Gasteiger partial charge in [-0.1, -0.05) is 0 Å². The summed E-state index contributed by atoms with van der Waals surface area (Å²) in [5.41, 5.74) is 0. The maximum atomic E-state index is 12.0. The molecule has 8 heteroatoms. The number of carbonyl (C=O) groups excluding carboxylic acids is 2. The predicted octanol–water partition coefficient (Wildman–Crippen LogP) is 0.302. The molecule has 0 aromatic rings. The van der Waals surface area contributed by atoms with Gasteiger partial charge in [-0.2, -0.15) is 13.2 Å². The SMILES string of the molecule is O=C1CN(CCOCC(F)(F)F)C(=O)C(C2CC2)N1. The van der Waals surface area contributed by atoms with E-state index in [1.165, 1.54) is 4.90 Å². The first-order valence-electron chi connectivity index (χ1n) is 6.09. The fourth-order valence-corrected chi connectivity index (χ4v) is 2.03. The summed E-state index contributed by atoms with van der Waals surface area (Å²) in [6.07, 6.45) is -2.58. The number of nitrogens with zero attached hydrogens (tertiary/aromatic N) is 1. The summed E-state index contributed by atoms with van der Waals surface area (Å²) >= 11 is 0. The van der Waals surface area contributed by atoms with Crippen molar-refractivity contribution in [2.45, 2.75) is 25.1 Å². The maximum Gasteiger partial charge on any atom is 0.411 e. The van der Waals surface area contributed by atoms with Crippen LogP contribution in [0.15, 0.2) is 0 Å². The number of carbonyl (C=O) groups is 2. The van der Waals surface area contributed by atoms with Crippen LogP contribution in [0.3, 0.4) is 0 Å². The fraction of sp³-hybridized carbons (Fsp3) is 0.818. The maximum absolute atomic E-state index is 12.0. The molecule has 1 heterocycles. The molecule has 2 aliphatic rings. The molecule has 0 bridgehead atoms. The summed E-state index contributed by atoms with van der Waals surface area (Å²) in [6, 6.07) is -0.510. The minimum atomic E-state index is -4.38. The lowest BCUT2D eigenvalue weighted by atomic mass is 10.1. The highest BCUT2D eigenvalue weighted by molar-refractivity contribution is 5.95. The molecule has 2 rings (SSSR count). The molecule has 0 spiro atoms. The second kappa shape index (κ2) is 5.36. The topological polar surface area (TPSA) is 58.6 Å². The molecule has 108 valence electrons. The van der Waals surface area contributed by atoms with E-state index in [0.717, 1.165) is 12.8 Å². The number of alkyl halides is 3. The van der Waals surface area contributed by atoms with Crippen molar-refractivity contribution < 1.29 is 27.5 Å². The van der Waals surface area contributed by atoms with E-state index in [-0.39, 0.29) is 37.4 Å². The number of amides is 2. The molecule has 0 aromatic heterocycles. The van der Waals surface area contributed by atoms with E-state index in [0.29, 0.717) is 0 Å². The summed E-state index contributed by atoms with van der Waals surface area (Å²) < 4.78 is 40.0. The Kier molecular flexibility index (Phi) is 3.98. The van der Waals surface area contributed by atoms with Crippen molar-refractivity contribution in [2.75, 3.05) is 26.3 Å². The molecule has 1 atom stereocenters. The van der Waals surface area contributed by atoms with Gasteiger partial charge in [0.1, 0.15) is 12.6 Å². The molecule has 19 heavy (non-hydrogen) atoms. The molecule has 1 unspecified atom stereocenters. The highest BCUT2D eigenvalue weighted by Crippen LogP contribution is 2.34. The Balaban J connectivity index is 1.78. The molecular formula is C11H15F3N2O3. The minimum Gasteiger partial charge on any atom is -0.370 e. The fourth-order valence-electron chi connectivity index (χ4n) is 2.03. The zero-order valence-electron chi connectivity index (χ0n) is 10.2. The molecule has 0 radical (unpaired) electrons. The largest absolute Gasteiger partial charge is 0.411 e. The van der Waals surface area contributed by atoms with E-state index in [1.54, 1.807) is 0 Å². The number of halogens is 3. The van der Waals surface area contributed by atoms with Crippen molar-refractivity contribution in [3.63, 3.8) is 0 Å². The highest BCUT2D eigenvalue weighted by atomic mass is 19.4. The first-order valence-corrected chi connectivity index (χ1v) is 6.09.